The fourth-order valence-corrected chi connectivity index (χ4v) is 1.72. The molecule has 12 heavy (non-hydrogen) atoms. The number of thiazole rings is 1. The number of hydrogen-bond acceptors (Lipinski definition) is 4. The summed E-state index contributed by atoms with van der Waals surface area (Å²) >= 11 is 1.34. The lowest BCUT2D eigenvalue weighted by Gasteiger charge is -2.04. The Kier molecular flexibility index (Phi) is 2.78. The summed E-state index contributed by atoms with van der Waals surface area (Å²) in [7, 11) is 0. The Balaban J connectivity index is 2.98. The maximum Gasteiger partial charge on any atom is 0.355 e. The summed E-state index contributed by atoms with van der Waals surface area (Å²) in [6, 6.07) is 0. The summed E-state index contributed by atoms with van der Waals surface area (Å²) < 4.78 is 0. The van der Waals surface area contributed by atoms with Crippen molar-refractivity contribution in [3.05, 3.63) is 16.1 Å². The Bertz CT molecular complexity index is 285. The molecule has 1 aromatic heterocycles. The SMILES string of the molecule is CC(CN)c1scnc1C(=O)O. The first-order valence-electron chi connectivity index (χ1n) is 3.53. The number of carboxylic acid groups (broad SMARTS) is 1. The molecular formula is C7H10N2O2S. The van der Waals surface area contributed by atoms with E-state index in [4.69, 9.17) is 10.8 Å². The number of nitrogens with zero attached hydrogens (tertiary/aromatic N) is 1. The molecule has 0 aliphatic rings. The number of carboxylic acids is 1. The molecule has 1 rings (SSSR count). The topological polar surface area (TPSA) is 76.2 Å². The van der Waals surface area contributed by atoms with Crippen LogP contribution in [0.15, 0.2) is 5.51 Å². The van der Waals surface area contributed by atoms with Gasteiger partial charge in [0.15, 0.2) is 5.69 Å². The van der Waals surface area contributed by atoms with Crippen LogP contribution in [-0.2, 0) is 0 Å². The molecule has 0 aliphatic heterocycles. The minimum atomic E-state index is -0.980. The van der Waals surface area contributed by atoms with Crippen LogP contribution in [0.2, 0.25) is 0 Å². The van der Waals surface area contributed by atoms with Crippen LogP contribution in [0.3, 0.4) is 0 Å². The maximum absolute atomic E-state index is 10.6. The Morgan fingerprint density at radius 1 is 1.92 bits per heavy atom. The smallest absolute Gasteiger partial charge is 0.355 e. The predicted octanol–water partition coefficient (Wildman–Crippen LogP) is 0.904. The van der Waals surface area contributed by atoms with Crippen molar-refractivity contribution < 1.29 is 9.90 Å². The molecule has 0 amide bonds. The van der Waals surface area contributed by atoms with Gasteiger partial charge >= 0.3 is 5.97 Å². The second-order valence-corrected chi connectivity index (χ2v) is 3.39. The van der Waals surface area contributed by atoms with Crippen molar-refractivity contribution in [1.82, 2.24) is 4.98 Å². The Hall–Kier alpha value is -0.940. The highest BCUT2D eigenvalue weighted by molar-refractivity contribution is 7.10. The molecule has 4 nitrogen and oxygen atoms in total. The molecule has 0 saturated heterocycles. The van der Waals surface area contributed by atoms with Gasteiger partial charge in [0.05, 0.1) is 5.51 Å². The van der Waals surface area contributed by atoms with Crippen LogP contribution in [0.25, 0.3) is 0 Å². The van der Waals surface area contributed by atoms with Crippen molar-refractivity contribution in [3.8, 4) is 0 Å². The average molecular weight is 186 g/mol. The lowest BCUT2D eigenvalue weighted by molar-refractivity contribution is 0.0690. The molecule has 5 heteroatoms. The molecule has 66 valence electrons. The van der Waals surface area contributed by atoms with Crippen LogP contribution in [-0.4, -0.2) is 22.6 Å². The number of aromatic nitrogens is 1. The van der Waals surface area contributed by atoms with Gasteiger partial charge < -0.3 is 10.8 Å². The van der Waals surface area contributed by atoms with Crippen molar-refractivity contribution in [2.75, 3.05) is 6.54 Å². The van der Waals surface area contributed by atoms with Gasteiger partial charge in [-0.15, -0.1) is 11.3 Å². The zero-order valence-corrected chi connectivity index (χ0v) is 7.47. The summed E-state index contributed by atoms with van der Waals surface area (Å²) in [5.74, 6) is -0.907. The monoisotopic (exact) mass is 186 g/mol. The summed E-state index contributed by atoms with van der Waals surface area (Å²) in [4.78, 5) is 15.1. The van der Waals surface area contributed by atoms with Gasteiger partial charge in [-0.1, -0.05) is 6.92 Å². The van der Waals surface area contributed by atoms with E-state index >= 15 is 0 Å². The number of hydrogen-bond donors (Lipinski definition) is 2. The van der Waals surface area contributed by atoms with Gasteiger partial charge in [0.1, 0.15) is 0 Å². The van der Waals surface area contributed by atoms with E-state index in [0.29, 0.717) is 6.54 Å². The largest absolute Gasteiger partial charge is 0.476 e. The van der Waals surface area contributed by atoms with E-state index in [0.717, 1.165) is 4.88 Å². The molecular weight excluding hydrogens is 176 g/mol. The van der Waals surface area contributed by atoms with E-state index in [-0.39, 0.29) is 11.6 Å². The van der Waals surface area contributed by atoms with Crippen molar-refractivity contribution >= 4 is 17.3 Å². The molecule has 0 bridgehead atoms. The van der Waals surface area contributed by atoms with Gasteiger partial charge in [0, 0.05) is 10.8 Å². The third-order valence-corrected chi connectivity index (χ3v) is 2.66. The average Bonchev–Trinajstić information content (AvgIpc) is 2.50. The summed E-state index contributed by atoms with van der Waals surface area (Å²) in [6.07, 6.45) is 0. The molecule has 0 spiro atoms. The van der Waals surface area contributed by atoms with E-state index in [1.54, 1.807) is 0 Å². The van der Waals surface area contributed by atoms with Gasteiger partial charge in [0.2, 0.25) is 0 Å². The van der Waals surface area contributed by atoms with Gasteiger partial charge in [-0.2, -0.15) is 0 Å². The van der Waals surface area contributed by atoms with Crippen LogP contribution in [0.1, 0.15) is 28.2 Å². The molecule has 0 radical (unpaired) electrons. The van der Waals surface area contributed by atoms with Gasteiger partial charge in [0.25, 0.3) is 0 Å². The minimum Gasteiger partial charge on any atom is -0.476 e. The fraction of sp³-hybridized carbons (Fsp3) is 0.429. The maximum atomic E-state index is 10.6. The molecule has 0 fully saturated rings. The van der Waals surface area contributed by atoms with Crippen molar-refractivity contribution in [1.29, 1.82) is 0 Å². The summed E-state index contributed by atoms with van der Waals surface area (Å²) in [6.45, 7) is 2.34. The van der Waals surface area contributed by atoms with Crippen LogP contribution < -0.4 is 5.73 Å². The zero-order chi connectivity index (χ0) is 9.14. The molecule has 3 N–H and O–H groups in total. The van der Waals surface area contributed by atoms with Crippen LogP contribution in [0, 0.1) is 0 Å². The van der Waals surface area contributed by atoms with Crippen LogP contribution in [0.5, 0.6) is 0 Å². The number of nitrogens with two attached hydrogens (primary N) is 1. The highest BCUT2D eigenvalue weighted by atomic mass is 32.1. The zero-order valence-electron chi connectivity index (χ0n) is 6.65. The quantitative estimate of drug-likeness (QED) is 0.735. The van der Waals surface area contributed by atoms with Crippen LogP contribution in [0.4, 0.5) is 0 Å². The molecule has 1 heterocycles. The van der Waals surface area contributed by atoms with Crippen molar-refractivity contribution in [3.63, 3.8) is 0 Å². The number of rotatable bonds is 3. The third-order valence-electron chi connectivity index (χ3n) is 1.60. The van der Waals surface area contributed by atoms with E-state index in [9.17, 15) is 4.79 Å². The molecule has 0 aliphatic carbocycles. The highest BCUT2D eigenvalue weighted by Gasteiger charge is 2.17. The molecule has 0 saturated carbocycles. The van der Waals surface area contributed by atoms with E-state index in [2.05, 4.69) is 4.98 Å². The second kappa shape index (κ2) is 3.64. The molecule has 1 aromatic rings. The normalized spacial score (nSPS) is 12.8. The second-order valence-electron chi connectivity index (χ2n) is 2.51. The van der Waals surface area contributed by atoms with E-state index in [1.807, 2.05) is 6.92 Å². The van der Waals surface area contributed by atoms with E-state index in [1.165, 1.54) is 16.8 Å². The lowest BCUT2D eigenvalue weighted by Crippen LogP contribution is -2.11. The number of aromatic carboxylic acids is 1. The first-order chi connectivity index (χ1) is 5.66. The molecule has 0 aromatic carbocycles. The van der Waals surface area contributed by atoms with E-state index < -0.39 is 5.97 Å². The first kappa shape index (κ1) is 9.15. The van der Waals surface area contributed by atoms with Crippen molar-refractivity contribution in [2.45, 2.75) is 12.8 Å². The molecule has 1 atom stereocenters. The van der Waals surface area contributed by atoms with Gasteiger partial charge in [-0.3, -0.25) is 0 Å². The summed E-state index contributed by atoms with van der Waals surface area (Å²) in [5, 5.41) is 8.70. The Morgan fingerprint density at radius 2 is 2.58 bits per heavy atom. The minimum absolute atomic E-state index is 0.0728. The van der Waals surface area contributed by atoms with Crippen LogP contribution >= 0.6 is 11.3 Å². The summed E-state index contributed by atoms with van der Waals surface area (Å²) in [5.41, 5.74) is 7.09. The highest BCUT2D eigenvalue weighted by Crippen LogP contribution is 2.22. The predicted molar refractivity (Wildman–Crippen MR) is 46.5 cm³/mol. The van der Waals surface area contributed by atoms with Gasteiger partial charge in [-0.25, -0.2) is 9.78 Å². The third kappa shape index (κ3) is 1.62. The Morgan fingerprint density at radius 3 is 3.08 bits per heavy atom. The Labute approximate surface area is 74.0 Å². The van der Waals surface area contributed by atoms with Gasteiger partial charge in [-0.05, 0) is 6.54 Å². The lowest BCUT2D eigenvalue weighted by atomic mass is 10.1. The standard InChI is InChI=1S/C7H10N2O2S/c1-4(2-8)6-5(7(10)11)9-3-12-6/h3-4H,2,8H2,1H3,(H,10,11). The first-order valence-corrected chi connectivity index (χ1v) is 4.41. The van der Waals surface area contributed by atoms with Crippen molar-refractivity contribution in [2.24, 2.45) is 5.73 Å². The number of carbonyl (C=O) groups is 1. The fourth-order valence-electron chi connectivity index (χ4n) is 0.872. The molecule has 1 unspecified atom stereocenters.